The van der Waals surface area contributed by atoms with Gasteiger partial charge >= 0.3 is 0 Å². The molecule has 1 aromatic heterocycles. The van der Waals surface area contributed by atoms with Crippen LogP contribution < -0.4 is 5.32 Å². The van der Waals surface area contributed by atoms with E-state index in [1.165, 1.54) is 12.8 Å². The van der Waals surface area contributed by atoms with Gasteiger partial charge in [0.2, 0.25) is 11.8 Å². The standard InChI is InChI=1S/C19H24N6O2/c1-13(18-21-22-23-25(18)16-9-3-2-4-10-16)20-19(27)14-11-17(26)24(12-14)15-7-5-6-8-15/h2-4,9-10,13-15H,5-8,11-12H2,1H3,(H,20,27). The molecule has 1 N–H and O–H groups in total. The molecule has 2 unspecified atom stereocenters. The summed E-state index contributed by atoms with van der Waals surface area (Å²) in [5.74, 6) is 0.246. The fraction of sp³-hybridized carbons (Fsp3) is 0.526. The van der Waals surface area contributed by atoms with Crippen LogP contribution in [0.25, 0.3) is 5.69 Å². The van der Waals surface area contributed by atoms with Crippen LogP contribution in [0.2, 0.25) is 0 Å². The number of likely N-dealkylation sites (tertiary alicyclic amines) is 1. The average Bonchev–Trinajstić information content (AvgIpc) is 3.42. The molecule has 8 heteroatoms. The predicted molar refractivity (Wildman–Crippen MR) is 97.8 cm³/mol. The molecule has 2 atom stereocenters. The van der Waals surface area contributed by atoms with Crippen molar-refractivity contribution in [3.63, 3.8) is 0 Å². The first-order valence-electron chi connectivity index (χ1n) is 9.57. The van der Waals surface area contributed by atoms with Gasteiger partial charge in [-0.25, -0.2) is 0 Å². The summed E-state index contributed by atoms with van der Waals surface area (Å²) < 4.78 is 1.62. The zero-order valence-electron chi connectivity index (χ0n) is 15.4. The van der Waals surface area contributed by atoms with Crippen LogP contribution in [-0.2, 0) is 9.59 Å². The van der Waals surface area contributed by atoms with Crippen molar-refractivity contribution in [1.29, 1.82) is 0 Å². The topological polar surface area (TPSA) is 93.0 Å². The Labute approximate surface area is 157 Å². The van der Waals surface area contributed by atoms with Gasteiger partial charge in [-0.15, -0.1) is 5.10 Å². The molecule has 27 heavy (non-hydrogen) atoms. The molecule has 2 fully saturated rings. The Kier molecular flexibility index (Phi) is 4.87. The third kappa shape index (κ3) is 3.56. The molecule has 142 valence electrons. The lowest BCUT2D eigenvalue weighted by atomic mass is 10.1. The minimum absolute atomic E-state index is 0.101. The van der Waals surface area contributed by atoms with Gasteiger partial charge in [-0.3, -0.25) is 9.59 Å². The molecule has 4 rings (SSSR count). The van der Waals surface area contributed by atoms with Crippen molar-refractivity contribution in [3.05, 3.63) is 36.2 Å². The number of nitrogens with one attached hydrogen (secondary N) is 1. The van der Waals surface area contributed by atoms with Gasteiger partial charge in [0.25, 0.3) is 0 Å². The van der Waals surface area contributed by atoms with Crippen LogP contribution in [0, 0.1) is 5.92 Å². The number of benzene rings is 1. The molecule has 2 aliphatic rings. The molecule has 2 aromatic rings. The van der Waals surface area contributed by atoms with E-state index in [0.29, 0.717) is 24.8 Å². The molecule has 1 aliphatic carbocycles. The number of aromatic nitrogens is 4. The van der Waals surface area contributed by atoms with Gasteiger partial charge in [0.1, 0.15) is 0 Å². The van der Waals surface area contributed by atoms with Gasteiger partial charge in [-0.2, -0.15) is 4.68 Å². The number of carbonyl (C=O) groups excluding carboxylic acids is 2. The Morgan fingerprint density at radius 2 is 1.96 bits per heavy atom. The van der Waals surface area contributed by atoms with E-state index in [4.69, 9.17) is 0 Å². The van der Waals surface area contributed by atoms with E-state index >= 15 is 0 Å². The zero-order chi connectivity index (χ0) is 18.8. The van der Waals surface area contributed by atoms with Crippen molar-refractivity contribution in [2.24, 2.45) is 5.92 Å². The van der Waals surface area contributed by atoms with Crippen LogP contribution in [0.3, 0.4) is 0 Å². The van der Waals surface area contributed by atoms with Gasteiger partial charge in [0.05, 0.1) is 17.6 Å². The van der Waals surface area contributed by atoms with Crippen molar-refractivity contribution in [2.45, 2.75) is 51.1 Å². The molecule has 2 heterocycles. The van der Waals surface area contributed by atoms with Crippen molar-refractivity contribution in [2.75, 3.05) is 6.54 Å². The fourth-order valence-corrected chi connectivity index (χ4v) is 4.09. The monoisotopic (exact) mass is 368 g/mol. The van der Waals surface area contributed by atoms with Crippen LogP contribution in [-0.4, -0.2) is 49.5 Å². The number of hydrogen-bond acceptors (Lipinski definition) is 5. The van der Waals surface area contributed by atoms with Crippen LogP contribution >= 0.6 is 0 Å². The Morgan fingerprint density at radius 3 is 2.70 bits per heavy atom. The third-order valence-corrected chi connectivity index (χ3v) is 5.54. The van der Waals surface area contributed by atoms with Gasteiger partial charge in [-0.05, 0) is 42.3 Å². The summed E-state index contributed by atoms with van der Waals surface area (Å²) >= 11 is 0. The summed E-state index contributed by atoms with van der Waals surface area (Å²) in [4.78, 5) is 27.0. The van der Waals surface area contributed by atoms with Crippen molar-refractivity contribution in [3.8, 4) is 5.69 Å². The van der Waals surface area contributed by atoms with Crippen LogP contribution in [0.5, 0.6) is 0 Å². The Bertz CT molecular complexity index is 815. The second-order valence-electron chi connectivity index (χ2n) is 7.40. The number of nitrogens with zero attached hydrogens (tertiary/aromatic N) is 5. The highest BCUT2D eigenvalue weighted by Crippen LogP contribution is 2.29. The molecular weight excluding hydrogens is 344 g/mol. The number of hydrogen-bond donors (Lipinski definition) is 1. The highest BCUT2D eigenvalue weighted by atomic mass is 16.2. The molecule has 8 nitrogen and oxygen atoms in total. The third-order valence-electron chi connectivity index (χ3n) is 5.54. The lowest BCUT2D eigenvalue weighted by molar-refractivity contribution is -0.130. The van der Waals surface area contributed by atoms with Gasteiger partial charge in [0, 0.05) is 19.0 Å². The van der Waals surface area contributed by atoms with Gasteiger partial charge < -0.3 is 10.2 Å². The smallest absolute Gasteiger partial charge is 0.226 e. The molecule has 1 aliphatic heterocycles. The maximum Gasteiger partial charge on any atom is 0.226 e. The number of para-hydroxylation sites is 1. The Hall–Kier alpha value is -2.77. The van der Waals surface area contributed by atoms with E-state index in [0.717, 1.165) is 18.5 Å². The summed E-state index contributed by atoms with van der Waals surface area (Å²) in [6, 6.07) is 9.51. The quantitative estimate of drug-likeness (QED) is 0.866. The summed E-state index contributed by atoms with van der Waals surface area (Å²) in [6.45, 7) is 2.38. The molecule has 0 bridgehead atoms. The van der Waals surface area contributed by atoms with Gasteiger partial charge in [0.15, 0.2) is 5.82 Å². The SMILES string of the molecule is CC(NC(=O)C1CC(=O)N(C2CCCC2)C1)c1nnnn1-c1ccccc1. The largest absolute Gasteiger partial charge is 0.346 e. The van der Waals surface area contributed by atoms with E-state index in [9.17, 15) is 9.59 Å². The normalized spacial score (nSPS) is 21.6. The second-order valence-corrected chi connectivity index (χ2v) is 7.40. The molecule has 0 radical (unpaired) electrons. The minimum atomic E-state index is -0.358. The van der Waals surface area contributed by atoms with E-state index in [1.807, 2.05) is 42.2 Å². The van der Waals surface area contributed by atoms with Gasteiger partial charge in [-0.1, -0.05) is 31.0 Å². The highest BCUT2D eigenvalue weighted by molar-refractivity contribution is 5.89. The Balaban J connectivity index is 1.42. The van der Waals surface area contributed by atoms with E-state index in [-0.39, 0.29) is 23.8 Å². The average molecular weight is 368 g/mol. The summed E-state index contributed by atoms with van der Waals surface area (Å²) in [7, 11) is 0. The lowest BCUT2D eigenvalue weighted by Gasteiger charge is -2.24. The number of amides is 2. The molecule has 1 aromatic carbocycles. The van der Waals surface area contributed by atoms with Crippen molar-refractivity contribution >= 4 is 11.8 Å². The highest BCUT2D eigenvalue weighted by Gasteiger charge is 2.39. The molecule has 1 saturated heterocycles. The van der Waals surface area contributed by atoms with Crippen LogP contribution in [0.1, 0.15) is 50.9 Å². The second kappa shape index (κ2) is 7.46. The molecular formula is C19H24N6O2. The molecule has 1 saturated carbocycles. The predicted octanol–water partition coefficient (Wildman–Crippen LogP) is 1.63. The summed E-state index contributed by atoms with van der Waals surface area (Å²) in [6.07, 6.45) is 4.75. The number of carbonyl (C=O) groups is 2. The number of rotatable bonds is 5. The lowest BCUT2D eigenvalue weighted by Crippen LogP contribution is -2.38. The first-order chi connectivity index (χ1) is 13.1. The van der Waals surface area contributed by atoms with E-state index in [2.05, 4.69) is 20.8 Å². The summed E-state index contributed by atoms with van der Waals surface area (Å²) in [5, 5.41) is 14.8. The Morgan fingerprint density at radius 1 is 1.22 bits per heavy atom. The fourth-order valence-electron chi connectivity index (χ4n) is 4.09. The minimum Gasteiger partial charge on any atom is -0.346 e. The zero-order valence-corrected chi connectivity index (χ0v) is 15.4. The van der Waals surface area contributed by atoms with E-state index < -0.39 is 0 Å². The molecule has 2 amide bonds. The first kappa shape index (κ1) is 17.6. The number of tetrazole rings is 1. The van der Waals surface area contributed by atoms with E-state index in [1.54, 1.807) is 4.68 Å². The maximum absolute atomic E-state index is 12.7. The van der Waals surface area contributed by atoms with Crippen LogP contribution in [0.4, 0.5) is 0 Å². The van der Waals surface area contributed by atoms with Crippen molar-refractivity contribution < 1.29 is 9.59 Å². The van der Waals surface area contributed by atoms with Crippen LogP contribution in [0.15, 0.2) is 30.3 Å². The summed E-state index contributed by atoms with van der Waals surface area (Å²) in [5.41, 5.74) is 0.835. The van der Waals surface area contributed by atoms with Crippen molar-refractivity contribution in [1.82, 2.24) is 30.4 Å². The molecule has 0 spiro atoms. The maximum atomic E-state index is 12.7. The first-order valence-corrected chi connectivity index (χ1v) is 9.57.